The van der Waals surface area contributed by atoms with Crippen molar-refractivity contribution in [3.63, 3.8) is 0 Å². The minimum Gasteiger partial charge on any atom is -0.490 e. The highest BCUT2D eigenvalue weighted by Gasteiger charge is 2.46. The summed E-state index contributed by atoms with van der Waals surface area (Å²) in [5.41, 5.74) is -2.16. The molecule has 1 heterocycles. The molecule has 0 saturated heterocycles. The Labute approximate surface area is 201 Å². The largest absolute Gasteiger partial charge is 0.490 e. The van der Waals surface area contributed by atoms with Gasteiger partial charge >= 0.3 is 18.1 Å². The average molecular weight is 510 g/mol. The molecule has 35 heavy (non-hydrogen) atoms. The molecule has 11 heteroatoms. The first-order valence-corrected chi connectivity index (χ1v) is 11.0. The molecule has 1 aliphatic rings. The normalized spacial score (nSPS) is 14.4. The van der Waals surface area contributed by atoms with Crippen molar-refractivity contribution in [2.24, 2.45) is 0 Å². The molecule has 0 aliphatic heterocycles. The van der Waals surface area contributed by atoms with Crippen LogP contribution in [0.4, 0.5) is 13.2 Å². The maximum absolute atomic E-state index is 13.4. The number of alkyl halides is 3. The van der Waals surface area contributed by atoms with Crippen molar-refractivity contribution in [3.8, 4) is 17.1 Å². The lowest BCUT2D eigenvalue weighted by Gasteiger charge is -2.20. The van der Waals surface area contributed by atoms with Gasteiger partial charge < -0.3 is 19.2 Å². The van der Waals surface area contributed by atoms with Crippen LogP contribution in [0.3, 0.4) is 0 Å². The summed E-state index contributed by atoms with van der Waals surface area (Å²) in [6.45, 7) is 1.35. The van der Waals surface area contributed by atoms with Crippen LogP contribution in [0.2, 0.25) is 5.02 Å². The Hall–Kier alpha value is -3.53. The Balaban J connectivity index is 1.68. The van der Waals surface area contributed by atoms with Gasteiger partial charge in [0.05, 0.1) is 33.7 Å². The monoisotopic (exact) mass is 509 g/mol. The summed E-state index contributed by atoms with van der Waals surface area (Å²) in [5, 5.41) is 2.89. The van der Waals surface area contributed by atoms with E-state index in [-0.39, 0.29) is 46.3 Å². The van der Waals surface area contributed by atoms with Crippen LogP contribution < -0.4 is 15.5 Å². The molecule has 3 aromatic rings. The van der Waals surface area contributed by atoms with E-state index < -0.39 is 34.6 Å². The molecule has 1 fully saturated rings. The number of carbonyl (C=O) groups excluding carboxylic acids is 2. The SMILES string of the molecule is CCOC(=O)C(=O)NC1(COc2cc(C(F)(F)F)ccc2-c2cc(=O)c3cccc(Cl)c3o2)CC1. The van der Waals surface area contributed by atoms with E-state index in [4.69, 9.17) is 20.8 Å². The number of para-hydroxylation sites is 1. The van der Waals surface area contributed by atoms with Crippen LogP contribution in [0, 0.1) is 0 Å². The molecule has 7 nitrogen and oxygen atoms in total. The number of halogens is 4. The van der Waals surface area contributed by atoms with Gasteiger partial charge in [0.2, 0.25) is 0 Å². The van der Waals surface area contributed by atoms with Crippen LogP contribution >= 0.6 is 11.6 Å². The molecule has 184 valence electrons. The van der Waals surface area contributed by atoms with E-state index in [1.165, 1.54) is 12.1 Å². The van der Waals surface area contributed by atoms with Gasteiger partial charge in [-0.15, -0.1) is 0 Å². The summed E-state index contributed by atoms with van der Waals surface area (Å²) in [6, 6.07) is 8.52. The van der Waals surface area contributed by atoms with Crippen LogP contribution in [0.15, 0.2) is 51.7 Å². The van der Waals surface area contributed by atoms with Gasteiger partial charge in [-0.2, -0.15) is 13.2 Å². The zero-order valence-corrected chi connectivity index (χ0v) is 19.1. The van der Waals surface area contributed by atoms with Gasteiger partial charge in [-0.1, -0.05) is 17.7 Å². The molecule has 2 aromatic carbocycles. The topological polar surface area (TPSA) is 94.8 Å². The van der Waals surface area contributed by atoms with Crippen molar-refractivity contribution >= 4 is 34.4 Å². The molecule has 0 bridgehead atoms. The quantitative estimate of drug-likeness (QED) is 0.381. The summed E-state index contributed by atoms with van der Waals surface area (Å²) in [4.78, 5) is 36.2. The van der Waals surface area contributed by atoms with Crippen molar-refractivity contribution in [1.29, 1.82) is 0 Å². The Morgan fingerprint density at radius 3 is 2.57 bits per heavy atom. The maximum atomic E-state index is 13.4. The first-order valence-electron chi connectivity index (χ1n) is 10.6. The number of ether oxygens (including phenoxy) is 2. The summed E-state index contributed by atoms with van der Waals surface area (Å²) < 4.78 is 56.3. The highest BCUT2D eigenvalue weighted by Crippen LogP contribution is 2.41. The number of hydrogen-bond acceptors (Lipinski definition) is 6. The van der Waals surface area contributed by atoms with E-state index in [0.717, 1.165) is 24.3 Å². The van der Waals surface area contributed by atoms with E-state index in [2.05, 4.69) is 10.1 Å². The minimum absolute atomic E-state index is 0.0182. The zero-order chi connectivity index (χ0) is 25.4. The summed E-state index contributed by atoms with van der Waals surface area (Å²) >= 11 is 6.15. The lowest BCUT2D eigenvalue weighted by molar-refractivity contribution is -0.155. The van der Waals surface area contributed by atoms with Gasteiger partial charge in [0.25, 0.3) is 0 Å². The van der Waals surface area contributed by atoms with Gasteiger partial charge in [-0.3, -0.25) is 9.59 Å². The molecule has 0 radical (unpaired) electrons. The van der Waals surface area contributed by atoms with Gasteiger partial charge in [0.15, 0.2) is 11.0 Å². The fourth-order valence-corrected chi connectivity index (χ4v) is 3.67. The Kier molecular flexibility index (Phi) is 6.50. The average Bonchev–Trinajstić information content (AvgIpc) is 3.57. The fraction of sp³-hybridized carbons (Fsp3) is 0.292. The third kappa shape index (κ3) is 5.27. The summed E-state index contributed by atoms with van der Waals surface area (Å²) in [5.74, 6) is -2.29. The van der Waals surface area contributed by atoms with Gasteiger partial charge in [-0.05, 0) is 50.1 Å². The van der Waals surface area contributed by atoms with Crippen molar-refractivity contribution in [2.75, 3.05) is 13.2 Å². The van der Waals surface area contributed by atoms with Crippen molar-refractivity contribution in [3.05, 3.63) is 63.3 Å². The third-order valence-electron chi connectivity index (χ3n) is 5.48. The molecule has 1 saturated carbocycles. The fourth-order valence-electron chi connectivity index (χ4n) is 3.46. The molecule has 0 atom stereocenters. The van der Waals surface area contributed by atoms with E-state index in [9.17, 15) is 27.6 Å². The Morgan fingerprint density at radius 2 is 1.91 bits per heavy atom. The van der Waals surface area contributed by atoms with Crippen LogP contribution in [-0.2, 0) is 20.5 Å². The Bertz CT molecular complexity index is 1360. The second-order valence-electron chi connectivity index (χ2n) is 8.04. The van der Waals surface area contributed by atoms with E-state index in [0.29, 0.717) is 12.8 Å². The van der Waals surface area contributed by atoms with Gasteiger partial charge in [0, 0.05) is 6.07 Å². The molecule has 1 aromatic heterocycles. The maximum Gasteiger partial charge on any atom is 0.416 e. The number of hydrogen-bond donors (Lipinski definition) is 1. The number of esters is 1. The third-order valence-corrected chi connectivity index (χ3v) is 5.78. The van der Waals surface area contributed by atoms with Gasteiger partial charge in [-0.25, -0.2) is 4.79 Å². The molecular formula is C24H19ClF3NO6. The van der Waals surface area contributed by atoms with Gasteiger partial charge in [0.1, 0.15) is 18.1 Å². The van der Waals surface area contributed by atoms with Crippen molar-refractivity contribution in [2.45, 2.75) is 31.5 Å². The molecular weight excluding hydrogens is 491 g/mol. The number of fused-ring (bicyclic) bond motifs is 1. The van der Waals surface area contributed by atoms with E-state index in [1.807, 2.05) is 0 Å². The number of amides is 1. The van der Waals surface area contributed by atoms with Crippen LogP contribution in [-0.4, -0.2) is 30.6 Å². The number of carbonyl (C=O) groups is 2. The highest BCUT2D eigenvalue weighted by molar-refractivity contribution is 6.34. The van der Waals surface area contributed by atoms with E-state index in [1.54, 1.807) is 13.0 Å². The van der Waals surface area contributed by atoms with Crippen LogP contribution in [0.25, 0.3) is 22.3 Å². The second-order valence-corrected chi connectivity index (χ2v) is 8.45. The molecule has 4 rings (SSSR count). The highest BCUT2D eigenvalue weighted by atomic mass is 35.5. The lowest BCUT2D eigenvalue weighted by Crippen LogP contribution is -2.45. The predicted octanol–water partition coefficient (Wildman–Crippen LogP) is 4.72. The predicted molar refractivity (Wildman–Crippen MR) is 120 cm³/mol. The van der Waals surface area contributed by atoms with Crippen LogP contribution in [0.5, 0.6) is 5.75 Å². The molecule has 0 spiro atoms. The summed E-state index contributed by atoms with van der Waals surface area (Å²) in [7, 11) is 0. The van der Waals surface area contributed by atoms with Crippen molar-refractivity contribution in [1.82, 2.24) is 5.32 Å². The number of nitrogens with one attached hydrogen (secondary N) is 1. The molecule has 0 unspecified atom stereocenters. The second kappa shape index (κ2) is 9.26. The Morgan fingerprint density at radius 1 is 1.17 bits per heavy atom. The van der Waals surface area contributed by atoms with E-state index >= 15 is 0 Å². The molecule has 1 N–H and O–H groups in total. The zero-order valence-electron chi connectivity index (χ0n) is 18.3. The minimum atomic E-state index is -4.65. The van der Waals surface area contributed by atoms with Crippen LogP contribution in [0.1, 0.15) is 25.3 Å². The summed E-state index contributed by atoms with van der Waals surface area (Å²) in [6.07, 6.45) is -3.75. The smallest absolute Gasteiger partial charge is 0.416 e. The molecule has 1 aliphatic carbocycles. The standard InChI is InChI=1S/C24H19ClF3NO6/c1-2-33-22(32)21(31)29-23(8-9-23)12-34-18-10-13(24(26,27)28)6-7-15(18)19-11-17(30)14-4-3-5-16(25)20(14)35-19/h3-7,10-11H,2,8-9,12H2,1H3,(H,29,31). The first kappa shape index (κ1) is 24.6. The number of rotatable bonds is 6. The first-order chi connectivity index (χ1) is 16.5. The lowest BCUT2D eigenvalue weighted by atomic mass is 10.1. The number of benzene rings is 2. The molecule has 1 amide bonds. The van der Waals surface area contributed by atoms with Crippen molar-refractivity contribution < 1.29 is 36.7 Å².